The van der Waals surface area contributed by atoms with Crippen molar-refractivity contribution < 1.29 is 0 Å². The van der Waals surface area contributed by atoms with Crippen LogP contribution in [-0.4, -0.2) is 19.9 Å². The molecule has 1 saturated carbocycles. The maximum absolute atomic E-state index is 11.6. The van der Waals surface area contributed by atoms with Crippen LogP contribution >= 0.6 is 11.8 Å². The minimum atomic E-state index is -0.0780. The van der Waals surface area contributed by atoms with E-state index in [1.54, 1.807) is 24.7 Å². The van der Waals surface area contributed by atoms with Crippen LogP contribution in [0, 0.1) is 0 Å². The van der Waals surface area contributed by atoms with E-state index >= 15 is 0 Å². The molecule has 0 bridgehead atoms. The van der Waals surface area contributed by atoms with E-state index in [9.17, 15) is 4.79 Å². The first-order valence-corrected chi connectivity index (χ1v) is 7.14. The van der Waals surface area contributed by atoms with Crippen molar-refractivity contribution in [1.29, 1.82) is 0 Å². The SMILES string of the molecule is C[C@@H](Sc1nc(C2CC2)cc(=O)[nH]1)c1cnccn1. The van der Waals surface area contributed by atoms with Gasteiger partial charge in [0.2, 0.25) is 0 Å². The number of thioether (sulfide) groups is 1. The fraction of sp³-hybridized carbons (Fsp3) is 0.385. The maximum Gasteiger partial charge on any atom is 0.251 e. The van der Waals surface area contributed by atoms with Gasteiger partial charge in [-0.05, 0) is 19.8 Å². The molecule has 2 heterocycles. The van der Waals surface area contributed by atoms with Gasteiger partial charge in [0.15, 0.2) is 5.16 Å². The lowest BCUT2D eigenvalue weighted by Crippen LogP contribution is -2.10. The smallest absolute Gasteiger partial charge is 0.251 e. The van der Waals surface area contributed by atoms with Gasteiger partial charge in [-0.2, -0.15) is 0 Å². The van der Waals surface area contributed by atoms with Crippen LogP contribution in [-0.2, 0) is 0 Å². The summed E-state index contributed by atoms with van der Waals surface area (Å²) in [4.78, 5) is 27.2. The first-order chi connectivity index (χ1) is 9.22. The molecule has 1 aliphatic rings. The number of aromatic nitrogens is 4. The van der Waals surface area contributed by atoms with E-state index in [1.807, 2.05) is 6.92 Å². The molecule has 0 spiro atoms. The van der Waals surface area contributed by atoms with E-state index in [-0.39, 0.29) is 10.8 Å². The average molecular weight is 274 g/mol. The van der Waals surface area contributed by atoms with Gasteiger partial charge in [-0.25, -0.2) is 4.98 Å². The molecule has 98 valence electrons. The number of hydrogen-bond donors (Lipinski definition) is 1. The lowest BCUT2D eigenvalue weighted by molar-refractivity contribution is 0.854. The minimum Gasteiger partial charge on any atom is -0.301 e. The summed E-state index contributed by atoms with van der Waals surface area (Å²) < 4.78 is 0. The van der Waals surface area contributed by atoms with Crippen LogP contribution in [0.1, 0.15) is 42.3 Å². The first-order valence-electron chi connectivity index (χ1n) is 6.26. The van der Waals surface area contributed by atoms with Crippen molar-refractivity contribution in [2.24, 2.45) is 0 Å². The lowest BCUT2D eigenvalue weighted by atomic mass is 10.3. The highest BCUT2D eigenvalue weighted by Gasteiger charge is 2.26. The molecule has 2 aromatic heterocycles. The van der Waals surface area contributed by atoms with E-state index < -0.39 is 0 Å². The van der Waals surface area contributed by atoms with Crippen LogP contribution < -0.4 is 5.56 Å². The minimum absolute atomic E-state index is 0.0780. The molecule has 0 aliphatic heterocycles. The highest BCUT2D eigenvalue weighted by molar-refractivity contribution is 7.99. The summed E-state index contributed by atoms with van der Waals surface area (Å²) in [6, 6.07) is 1.61. The Bertz CT molecular complexity index is 624. The fourth-order valence-corrected chi connectivity index (χ4v) is 2.74. The van der Waals surface area contributed by atoms with Crippen LogP contribution in [0.25, 0.3) is 0 Å². The van der Waals surface area contributed by atoms with Crippen molar-refractivity contribution in [2.45, 2.75) is 36.1 Å². The zero-order chi connectivity index (χ0) is 13.2. The predicted octanol–water partition coefficient (Wildman–Crippen LogP) is 2.29. The molecule has 0 saturated heterocycles. The largest absolute Gasteiger partial charge is 0.301 e. The molecule has 0 radical (unpaired) electrons. The van der Waals surface area contributed by atoms with Crippen molar-refractivity contribution in [2.75, 3.05) is 0 Å². The number of nitrogens with one attached hydrogen (secondary N) is 1. The van der Waals surface area contributed by atoms with Crippen molar-refractivity contribution in [1.82, 2.24) is 19.9 Å². The summed E-state index contributed by atoms with van der Waals surface area (Å²) in [5, 5.41) is 0.763. The Hall–Kier alpha value is -1.69. The summed E-state index contributed by atoms with van der Waals surface area (Å²) >= 11 is 1.50. The van der Waals surface area contributed by atoms with Crippen molar-refractivity contribution in [3.05, 3.63) is 46.4 Å². The third-order valence-electron chi connectivity index (χ3n) is 3.02. The predicted molar refractivity (Wildman–Crippen MR) is 73.1 cm³/mol. The zero-order valence-corrected chi connectivity index (χ0v) is 11.4. The van der Waals surface area contributed by atoms with Gasteiger partial charge in [0.1, 0.15) is 0 Å². The third kappa shape index (κ3) is 3.01. The normalized spacial score (nSPS) is 16.3. The standard InChI is InChI=1S/C13H14N4OS/c1-8(11-7-14-4-5-15-11)19-13-16-10(9-2-3-9)6-12(18)17-13/h4-9H,2-3H2,1H3,(H,16,17,18)/t8-/m1/s1. The Kier molecular flexibility index (Phi) is 3.33. The summed E-state index contributed by atoms with van der Waals surface area (Å²) in [5.74, 6) is 0.480. The highest BCUT2D eigenvalue weighted by atomic mass is 32.2. The third-order valence-corrected chi connectivity index (χ3v) is 4.04. The van der Waals surface area contributed by atoms with Crippen molar-refractivity contribution >= 4 is 11.8 Å². The Labute approximate surface area is 114 Å². The second-order valence-corrected chi connectivity index (χ2v) is 5.97. The molecule has 19 heavy (non-hydrogen) atoms. The molecule has 0 amide bonds. The van der Waals surface area contributed by atoms with Crippen LogP contribution in [0.15, 0.2) is 34.6 Å². The summed E-state index contributed by atoms with van der Waals surface area (Å²) in [6.45, 7) is 2.03. The molecule has 1 atom stereocenters. The molecular weight excluding hydrogens is 260 g/mol. The van der Waals surface area contributed by atoms with E-state index in [1.165, 1.54) is 11.8 Å². The van der Waals surface area contributed by atoms with Crippen molar-refractivity contribution in [3.63, 3.8) is 0 Å². The average Bonchev–Trinajstić information content (AvgIpc) is 3.23. The number of rotatable bonds is 4. The van der Waals surface area contributed by atoms with Crippen LogP contribution in [0.4, 0.5) is 0 Å². The van der Waals surface area contributed by atoms with Gasteiger partial charge in [-0.1, -0.05) is 11.8 Å². The quantitative estimate of drug-likeness (QED) is 0.684. The van der Waals surface area contributed by atoms with E-state index in [0.717, 1.165) is 24.2 Å². The van der Waals surface area contributed by atoms with Gasteiger partial charge >= 0.3 is 0 Å². The lowest BCUT2D eigenvalue weighted by Gasteiger charge is -2.09. The topological polar surface area (TPSA) is 71.5 Å². The zero-order valence-electron chi connectivity index (χ0n) is 10.5. The Morgan fingerprint density at radius 3 is 2.95 bits per heavy atom. The second kappa shape index (κ2) is 5.13. The molecule has 1 aliphatic carbocycles. The van der Waals surface area contributed by atoms with Gasteiger partial charge < -0.3 is 4.98 Å². The van der Waals surface area contributed by atoms with Crippen LogP contribution in [0.2, 0.25) is 0 Å². The van der Waals surface area contributed by atoms with E-state index in [2.05, 4.69) is 19.9 Å². The van der Waals surface area contributed by atoms with Crippen molar-refractivity contribution in [3.8, 4) is 0 Å². The molecular formula is C13H14N4OS. The van der Waals surface area contributed by atoms with Gasteiger partial charge in [-0.3, -0.25) is 14.8 Å². The summed E-state index contributed by atoms with van der Waals surface area (Å²) in [5.41, 5.74) is 1.72. The van der Waals surface area contributed by atoms with Gasteiger partial charge in [-0.15, -0.1) is 0 Å². The molecule has 5 nitrogen and oxygen atoms in total. The Morgan fingerprint density at radius 1 is 1.42 bits per heavy atom. The van der Waals surface area contributed by atoms with Gasteiger partial charge in [0.25, 0.3) is 5.56 Å². The molecule has 1 fully saturated rings. The molecule has 0 unspecified atom stereocenters. The molecule has 0 aromatic carbocycles. The Balaban J connectivity index is 1.81. The number of H-pyrrole nitrogens is 1. The van der Waals surface area contributed by atoms with Crippen LogP contribution in [0.3, 0.4) is 0 Å². The van der Waals surface area contributed by atoms with E-state index in [0.29, 0.717) is 11.1 Å². The molecule has 6 heteroatoms. The second-order valence-electron chi connectivity index (χ2n) is 4.64. The number of aromatic amines is 1. The fourth-order valence-electron chi connectivity index (χ4n) is 1.85. The molecule has 2 aromatic rings. The maximum atomic E-state index is 11.6. The number of nitrogens with zero attached hydrogens (tertiary/aromatic N) is 3. The monoisotopic (exact) mass is 274 g/mol. The van der Waals surface area contributed by atoms with Gasteiger partial charge in [0, 0.05) is 30.6 Å². The molecule has 3 rings (SSSR count). The summed E-state index contributed by atoms with van der Waals surface area (Å²) in [7, 11) is 0. The van der Waals surface area contributed by atoms with Gasteiger partial charge in [0.05, 0.1) is 16.6 Å². The Morgan fingerprint density at radius 2 is 2.26 bits per heavy atom. The van der Waals surface area contributed by atoms with Crippen LogP contribution in [0.5, 0.6) is 0 Å². The molecule has 1 N–H and O–H groups in total. The number of hydrogen-bond acceptors (Lipinski definition) is 5. The summed E-state index contributed by atoms with van der Waals surface area (Å²) in [6.07, 6.45) is 7.33. The first kappa shape index (κ1) is 12.3. The van der Waals surface area contributed by atoms with E-state index in [4.69, 9.17) is 0 Å². The highest BCUT2D eigenvalue weighted by Crippen LogP contribution is 2.39.